The number of hydrogen-bond donors (Lipinski definition) is 2. The van der Waals surface area contributed by atoms with Crippen molar-refractivity contribution in [3.05, 3.63) is 24.3 Å². The molecule has 0 fully saturated rings. The Morgan fingerprint density at radius 1 is 0.522 bits per heavy atom. The summed E-state index contributed by atoms with van der Waals surface area (Å²) in [4.78, 5) is 25.5. The number of nitrogens with one attached hydrogen (secondary N) is 1. The van der Waals surface area contributed by atoms with E-state index in [1.807, 2.05) is 21.1 Å². The summed E-state index contributed by atoms with van der Waals surface area (Å²) in [7, 11) is 1.32. The first-order valence-corrected chi connectivity index (χ1v) is 30.6. The van der Waals surface area contributed by atoms with Crippen LogP contribution in [-0.2, 0) is 18.4 Å². The first-order valence-electron chi connectivity index (χ1n) is 29.2. The van der Waals surface area contributed by atoms with Crippen LogP contribution in [0.5, 0.6) is 0 Å². The molecule has 0 aliphatic heterocycles. The van der Waals surface area contributed by atoms with E-state index in [9.17, 15) is 19.4 Å². The van der Waals surface area contributed by atoms with Crippen LogP contribution in [0, 0.1) is 0 Å². The number of quaternary nitrogens is 1. The maximum Gasteiger partial charge on any atom is 0.268 e. The minimum Gasteiger partial charge on any atom is -0.756 e. The van der Waals surface area contributed by atoms with Crippen molar-refractivity contribution >= 4 is 13.7 Å². The predicted molar refractivity (Wildman–Crippen MR) is 289 cm³/mol. The fraction of sp³-hybridized carbons (Fsp3) is 0.914. The van der Waals surface area contributed by atoms with Crippen LogP contribution in [0.15, 0.2) is 24.3 Å². The Bertz CT molecular complexity index is 1140. The summed E-state index contributed by atoms with van der Waals surface area (Å²) >= 11 is 0. The van der Waals surface area contributed by atoms with Gasteiger partial charge in [-0.15, -0.1) is 0 Å². The minimum atomic E-state index is -4.57. The number of hydrogen-bond acceptors (Lipinski definition) is 6. The van der Waals surface area contributed by atoms with Crippen LogP contribution < -0.4 is 10.2 Å². The highest BCUT2D eigenvalue weighted by Gasteiger charge is 2.24. The molecule has 9 heteroatoms. The third kappa shape index (κ3) is 52.6. The minimum absolute atomic E-state index is 0.0141. The van der Waals surface area contributed by atoms with Crippen LogP contribution >= 0.6 is 7.82 Å². The lowest BCUT2D eigenvalue weighted by molar-refractivity contribution is -0.870. The van der Waals surface area contributed by atoms with Crippen molar-refractivity contribution in [1.82, 2.24) is 5.32 Å². The molecule has 3 atom stereocenters. The lowest BCUT2D eigenvalue weighted by Crippen LogP contribution is -2.46. The van der Waals surface area contributed by atoms with E-state index in [0.29, 0.717) is 23.9 Å². The molecule has 0 radical (unpaired) electrons. The summed E-state index contributed by atoms with van der Waals surface area (Å²) in [6.07, 6.45) is 62.0. The molecule has 0 heterocycles. The zero-order valence-electron chi connectivity index (χ0n) is 45.4. The Labute approximate surface area is 417 Å². The van der Waals surface area contributed by atoms with Crippen molar-refractivity contribution in [2.75, 3.05) is 40.9 Å². The molecule has 0 aliphatic rings. The molecule has 0 aliphatic carbocycles. The zero-order chi connectivity index (χ0) is 49.2. The quantitative estimate of drug-likeness (QED) is 0.0272. The van der Waals surface area contributed by atoms with Gasteiger partial charge < -0.3 is 28.8 Å². The molecular formula is C58H115N2O6P. The Morgan fingerprint density at radius 2 is 0.866 bits per heavy atom. The van der Waals surface area contributed by atoms with Gasteiger partial charge in [0.05, 0.1) is 39.9 Å². The van der Waals surface area contributed by atoms with Gasteiger partial charge in [0.1, 0.15) is 13.2 Å². The summed E-state index contributed by atoms with van der Waals surface area (Å²) in [5, 5.41) is 14.0. The average Bonchev–Trinajstić information content (AvgIpc) is 3.29. The van der Waals surface area contributed by atoms with Crippen LogP contribution in [0.3, 0.4) is 0 Å². The lowest BCUT2D eigenvalue weighted by Gasteiger charge is -2.30. The van der Waals surface area contributed by atoms with Gasteiger partial charge in [-0.3, -0.25) is 9.36 Å². The molecule has 1 amide bonds. The first-order chi connectivity index (χ1) is 32.5. The number of aliphatic hydroxyl groups is 1. The van der Waals surface area contributed by atoms with E-state index >= 15 is 0 Å². The topological polar surface area (TPSA) is 108 Å². The average molecular weight is 968 g/mol. The van der Waals surface area contributed by atoms with Gasteiger partial charge in [0.25, 0.3) is 7.82 Å². The number of unbranched alkanes of at least 4 members (excludes halogenated alkanes) is 37. The second-order valence-corrected chi connectivity index (χ2v) is 22.8. The number of phosphoric acid groups is 1. The number of nitrogens with zero attached hydrogens (tertiary/aromatic N) is 1. The molecule has 8 nitrogen and oxygen atoms in total. The van der Waals surface area contributed by atoms with Crippen LogP contribution in [0.1, 0.15) is 290 Å². The lowest BCUT2D eigenvalue weighted by atomic mass is 10.0. The molecule has 0 aromatic heterocycles. The smallest absolute Gasteiger partial charge is 0.268 e. The largest absolute Gasteiger partial charge is 0.756 e. The van der Waals surface area contributed by atoms with Gasteiger partial charge in [-0.1, -0.05) is 263 Å². The van der Waals surface area contributed by atoms with E-state index in [2.05, 4.69) is 43.5 Å². The normalized spacial score (nSPS) is 14.1. The van der Waals surface area contributed by atoms with E-state index in [0.717, 1.165) is 44.9 Å². The monoisotopic (exact) mass is 967 g/mol. The molecule has 67 heavy (non-hydrogen) atoms. The van der Waals surface area contributed by atoms with Crippen LogP contribution in [0.4, 0.5) is 0 Å². The first kappa shape index (κ1) is 66.0. The third-order valence-corrected chi connectivity index (χ3v) is 14.4. The van der Waals surface area contributed by atoms with Crippen LogP contribution in [0.2, 0.25) is 0 Å². The SMILES string of the molecule is CCCCCCC/C=C\C/C=C\CCCCCCCCCCCCCCCCCC(=O)NC(COP(=O)([O-])OCC[N+](C)(C)C)C(O)CCCCCCCCCCCCCCCCCCCC. The number of amides is 1. The standard InChI is InChI=1S/C58H115N2O6P/c1-6-8-10-12-14-16-18-20-22-24-26-27-28-29-30-31-32-33-34-36-38-40-42-44-46-48-50-52-58(62)59-56(55-66-67(63,64)65-54-53-60(3,4)5)57(61)51-49-47-45-43-41-39-37-35-25-23-21-19-17-15-13-11-9-7-2/h18,20,24,26,56-57,61H,6-17,19,21-23,25,27-55H2,1-5H3,(H-,59,62,63,64)/b20-18-,26-24-. The molecule has 398 valence electrons. The van der Waals surface area contributed by atoms with E-state index in [1.165, 1.54) is 218 Å². The van der Waals surface area contributed by atoms with Crippen molar-refractivity contribution < 1.29 is 32.9 Å². The highest BCUT2D eigenvalue weighted by atomic mass is 31.2. The van der Waals surface area contributed by atoms with Gasteiger partial charge >= 0.3 is 0 Å². The second kappa shape index (κ2) is 49.9. The van der Waals surface area contributed by atoms with Crippen molar-refractivity contribution in [3.8, 4) is 0 Å². The molecule has 3 unspecified atom stereocenters. The zero-order valence-corrected chi connectivity index (χ0v) is 46.3. The third-order valence-electron chi connectivity index (χ3n) is 13.4. The highest BCUT2D eigenvalue weighted by molar-refractivity contribution is 7.45. The van der Waals surface area contributed by atoms with Crippen molar-refractivity contribution in [2.24, 2.45) is 0 Å². The van der Waals surface area contributed by atoms with Gasteiger partial charge in [-0.2, -0.15) is 0 Å². The Kier molecular flexibility index (Phi) is 49.2. The molecule has 0 spiro atoms. The van der Waals surface area contributed by atoms with E-state index in [-0.39, 0.29) is 19.1 Å². The maximum absolute atomic E-state index is 13.0. The van der Waals surface area contributed by atoms with Gasteiger partial charge in [0.2, 0.25) is 5.91 Å². The summed E-state index contributed by atoms with van der Waals surface area (Å²) in [5.74, 6) is -0.160. The van der Waals surface area contributed by atoms with Crippen LogP contribution in [0.25, 0.3) is 0 Å². The number of rotatable bonds is 54. The number of aliphatic hydroxyl groups excluding tert-OH is 1. The molecule has 0 saturated heterocycles. The van der Waals surface area contributed by atoms with Crippen molar-refractivity contribution in [3.63, 3.8) is 0 Å². The van der Waals surface area contributed by atoms with Crippen LogP contribution in [-0.4, -0.2) is 68.5 Å². The number of phosphoric ester groups is 1. The summed E-state index contributed by atoms with van der Waals surface area (Å²) in [6, 6.07) is -0.799. The maximum atomic E-state index is 13.0. The van der Waals surface area contributed by atoms with Gasteiger partial charge in [-0.05, 0) is 44.9 Å². The fourth-order valence-electron chi connectivity index (χ4n) is 8.84. The van der Waals surface area contributed by atoms with E-state index in [1.54, 1.807) is 0 Å². The van der Waals surface area contributed by atoms with E-state index in [4.69, 9.17) is 9.05 Å². The van der Waals surface area contributed by atoms with E-state index < -0.39 is 20.0 Å². The van der Waals surface area contributed by atoms with Gasteiger partial charge in [0, 0.05) is 6.42 Å². The molecule has 2 N–H and O–H groups in total. The number of carbonyl (C=O) groups is 1. The summed E-state index contributed by atoms with van der Waals surface area (Å²) in [5.41, 5.74) is 0. The molecule has 0 aromatic carbocycles. The molecule has 0 rings (SSSR count). The highest BCUT2D eigenvalue weighted by Crippen LogP contribution is 2.38. The summed E-state index contributed by atoms with van der Waals surface area (Å²) < 4.78 is 23.4. The molecule has 0 aromatic rings. The molecule has 0 bridgehead atoms. The second-order valence-electron chi connectivity index (χ2n) is 21.4. The molecule has 0 saturated carbocycles. The predicted octanol–water partition coefficient (Wildman–Crippen LogP) is 17.0. The number of carbonyl (C=O) groups excluding carboxylic acids is 1. The Balaban J connectivity index is 4.11. The van der Waals surface area contributed by atoms with Crippen molar-refractivity contribution in [1.29, 1.82) is 0 Å². The Morgan fingerprint density at radius 3 is 1.24 bits per heavy atom. The fourth-order valence-corrected chi connectivity index (χ4v) is 9.56. The van der Waals surface area contributed by atoms with Crippen molar-refractivity contribution in [2.45, 2.75) is 302 Å². The van der Waals surface area contributed by atoms with Gasteiger partial charge in [-0.25, -0.2) is 0 Å². The number of allylic oxidation sites excluding steroid dienone is 4. The molecular weight excluding hydrogens is 852 g/mol. The Hall–Kier alpha value is -1.02. The number of likely N-dealkylation sites (N-methyl/N-ethyl adjacent to an activating group) is 1. The van der Waals surface area contributed by atoms with Gasteiger partial charge in [0.15, 0.2) is 0 Å². The summed E-state index contributed by atoms with van der Waals surface area (Å²) in [6.45, 7) is 4.75.